The summed E-state index contributed by atoms with van der Waals surface area (Å²) in [6, 6.07) is 4.40. The summed E-state index contributed by atoms with van der Waals surface area (Å²) < 4.78 is 0. The number of nitrogens with one attached hydrogen (secondary N) is 2. The highest BCUT2D eigenvalue weighted by molar-refractivity contribution is 6.02. The molecule has 7 heteroatoms. The zero-order chi connectivity index (χ0) is 16.7. The number of aromatic amines is 2. The van der Waals surface area contributed by atoms with Gasteiger partial charge in [0.2, 0.25) is 23.3 Å². The van der Waals surface area contributed by atoms with E-state index in [0.29, 0.717) is 22.6 Å². The minimum Gasteiger partial charge on any atom is -0.318 e. The minimum atomic E-state index is 0.507. The lowest BCUT2D eigenvalue weighted by atomic mass is 10.1. The third-order valence-corrected chi connectivity index (χ3v) is 5.09. The van der Waals surface area contributed by atoms with Gasteiger partial charge in [-0.15, -0.1) is 0 Å². The average Bonchev–Trinajstić information content (AvgIpc) is 3.27. The Morgan fingerprint density at radius 3 is 2.12 bits per heavy atom. The summed E-state index contributed by atoms with van der Waals surface area (Å²) in [5, 5.41) is 11.3. The summed E-state index contributed by atoms with van der Waals surface area (Å²) >= 11 is 0. The van der Waals surface area contributed by atoms with Gasteiger partial charge in [0.25, 0.3) is 0 Å². The molecule has 124 valence electrons. The van der Waals surface area contributed by atoms with Crippen LogP contribution >= 0.6 is 0 Å². The Morgan fingerprint density at radius 2 is 1.50 bits per heavy atom. The smallest absolute Gasteiger partial charge is 0.240 e. The average molecular weight is 325 g/mol. The van der Waals surface area contributed by atoms with E-state index >= 15 is 0 Å². The van der Waals surface area contributed by atoms with Crippen LogP contribution in [0.15, 0.2) is 6.07 Å². The number of hydrogen-bond acceptors (Lipinski definition) is 5. The number of fused-ring (bicyclic) bond motifs is 1. The summed E-state index contributed by atoms with van der Waals surface area (Å²) in [6.45, 7) is 3.92. The number of rotatable bonds is 2. The Morgan fingerprint density at radius 1 is 0.917 bits per heavy atom. The van der Waals surface area contributed by atoms with Crippen molar-refractivity contribution in [2.24, 2.45) is 0 Å². The van der Waals surface area contributed by atoms with E-state index in [1.807, 2.05) is 6.07 Å². The summed E-state index contributed by atoms with van der Waals surface area (Å²) in [7, 11) is 0. The summed E-state index contributed by atoms with van der Waals surface area (Å²) in [4.78, 5) is 10.9. The Bertz CT molecular complexity index is 819. The monoisotopic (exact) mass is 325 g/mol. The molecule has 2 aromatic heterocycles. The predicted molar refractivity (Wildman–Crippen MR) is 93.5 cm³/mol. The van der Waals surface area contributed by atoms with Gasteiger partial charge in [0.1, 0.15) is 17.0 Å². The first-order valence-electron chi connectivity index (χ1n) is 8.59. The lowest BCUT2D eigenvalue weighted by Gasteiger charge is -2.17. The van der Waals surface area contributed by atoms with Gasteiger partial charge < -0.3 is 11.5 Å². The molecule has 0 spiro atoms. The first-order valence-corrected chi connectivity index (χ1v) is 8.59. The predicted octanol–water partition coefficient (Wildman–Crippen LogP) is 0.704. The molecule has 4 heterocycles. The molecule has 2 fully saturated rings. The Balaban J connectivity index is 1.95. The maximum Gasteiger partial charge on any atom is 0.240 e. The number of nitrogen functional groups attached to an aromatic ring is 2. The molecule has 0 aliphatic carbocycles. The van der Waals surface area contributed by atoms with Gasteiger partial charge in [0.15, 0.2) is 0 Å². The van der Waals surface area contributed by atoms with Crippen molar-refractivity contribution >= 4 is 34.0 Å². The van der Waals surface area contributed by atoms with Crippen LogP contribution < -0.4 is 31.2 Å². The van der Waals surface area contributed by atoms with Crippen LogP contribution in [0.2, 0.25) is 0 Å². The number of anilines is 4. The fraction of sp³-hybridized carbons (Fsp3) is 0.471. The van der Waals surface area contributed by atoms with Gasteiger partial charge >= 0.3 is 0 Å². The molecule has 0 atom stereocenters. The van der Waals surface area contributed by atoms with E-state index in [-0.39, 0.29) is 0 Å². The van der Waals surface area contributed by atoms with Gasteiger partial charge in [-0.05, 0) is 25.7 Å². The quantitative estimate of drug-likeness (QED) is 0.844. The Kier molecular flexibility index (Phi) is 3.53. The van der Waals surface area contributed by atoms with Crippen LogP contribution in [0.3, 0.4) is 0 Å². The van der Waals surface area contributed by atoms with Gasteiger partial charge in [0, 0.05) is 11.5 Å². The molecule has 2 aromatic rings. The molecule has 0 radical (unpaired) electrons. The van der Waals surface area contributed by atoms with Crippen LogP contribution in [0.1, 0.15) is 31.2 Å². The first-order chi connectivity index (χ1) is 11.7. The van der Waals surface area contributed by atoms with Crippen molar-refractivity contribution in [1.82, 2.24) is 0 Å². The lowest BCUT2D eigenvalue weighted by Crippen LogP contribution is -2.31. The van der Waals surface area contributed by atoms with E-state index in [2.05, 4.69) is 25.8 Å². The van der Waals surface area contributed by atoms with E-state index in [0.717, 1.165) is 56.0 Å². The molecule has 24 heavy (non-hydrogen) atoms. The Hall–Kier alpha value is -2.75. The van der Waals surface area contributed by atoms with E-state index in [1.54, 1.807) is 0 Å². The highest BCUT2D eigenvalue weighted by Crippen LogP contribution is 2.32. The van der Waals surface area contributed by atoms with Gasteiger partial charge in [-0.3, -0.25) is 9.80 Å². The first kappa shape index (κ1) is 14.8. The van der Waals surface area contributed by atoms with Crippen molar-refractivity contribution in [3.63, 3.8) is 0 Å². The number of nitrogens with two attached hydrogens (primary N) is 2. The second-order valence-electron chi connectivity index (χ2n) is 6.62. The highest BCUT2D eigenvalue weighted by atomic mass is 15.2. The topological polar surface area (TPSA) is 111 Å². The second kappa shape index (κ2) is 5.71. The molecule has 0 saturated carbocycles. The van der Waals surface area contributed by atoms with Crippen LogP contribution in [0, 0.1) is 11.3 Å². The molecule has 7 nitrogen and oxygen atoms in total. The second-order valence-corrected chi connectivity index (χ2v) is 6.62. The number of H-pyrrole nitrogens is 2. The van der Waals surface area contributed by atoms with Crippen molar-refractivity contribution in [1.29, 1.82) is 5.26 Å². The SMILES string of the molecule is N#Cc1c(N2CCCC2)[nH+]c(N)c2c(N)[nH+]c(N3CCCC3)cc12. The molecule has 0 unspecified atom stereocenters. The van der Waals surface area contributed by atoms with Crippen LogP contribution in [0.25, 0.3) is 10.8 Å². The molecule has 2 aliphatic heterocycles. The maximum absolute atomic E-state index is 9.81. The molecule has 4 rings (SSSR count). The summed E-state index contributed by atoms with van der Waals surface area (Å²) in [5.41, 5.74) is 13.1. The van der Waals surface area contributed by atoms with E-state index in [9.17, 15) is 5.26 Å². The van der Waals surface area contributed by atoms with Crippen molar-refractivity contribution < 1.29 is 9.97 Å². The van der Waals surface area contributed by atoms with Crippen LogP contribution in [-0.2, 0) is 0 Å². The number of nitriles is 1. The van der Waals surface area contributed by atoms with Crippen molar-refractivity contribution in [2.75, 3.05) is 47.4 Å². The molecular formula is C17H23N7+2. The molecule has 2 saturated heterocycles. The fourth-order valence-corrected chi connectivity index (χ4v) is 3.88. The molecule has 0 amide bonds. The molecule has 6 N–H and O–H groups in total. The number of pyridine rings is 2. The van der Waals surface area contributed by atoms with E-state index in [1.165, 1.54) is 12.8 Å². The van der Waals surface area contributed by atoms with Crippen molar-refractivity contribution in [3.05, 3.63) is 11.6 Å². The van der Waals surface area contributed by atoms with Crippen LogP contribution in [0.5, 0.6) is 0 Å². The Labute approximate surface area is 140 Å². The van der Waals surface area contributed by atoms with Crippen molar-refractivity contribution in [3.8, 4) is 6.07 Å². The molecular weight excluding hydrogens is 302 g/mol. The van der Waals surface area contributed by atoms with E-state index in [4.69, 9.17) is 11.5 Å². The fourth-order valence-electron chi connectivity index (χ4n) is 3.88. The van der Waals surface area contributed by atoms with Gasteiger partial charge in [-0.25, -0.2) is 9.97 Å². The largest absolute Gasteiger partial charge is 0.318 e. The number of hydrogen-bond donors (Lipinski definition) is 2. The number of aromatic nitrogens is 2. The molecule has 0 aromatic carbocycles. The van der Waals surface area contributed by atoms with Crippen LogP contribution in [0.4, 0.5) is 23.3 Å². The van der Waals surface area contributed by atoms with Gasteiger partial charge in [-0.2, -0.15) is 5.26 Å². The minimum absolute atomic E-state index is 0.507. The standard InChI is InChI=1S/C17H21N7/c18-10-12-11-9-13(23-5-1-2-6-23)21-15(19)14(11)16(20)22-17(12)24-7-3-4-8-24/h9H,1-8H2,(H2,19,21)(H2,20,22)/p+2. The maximum atomic E-state index is 9.81. The summed E-state index contributed by atoms with van der Waals surface area (Å²) in [5.74, 6) is 2.80. The normalized spacial score (nSPS) is 17.6. The molecule has 2 aliphatic rings. The highest BCUT2D eigenvalue weighted by Gasteiger charge is 2.28. The van der Waals surface area contributed by atoms with Gasteiger partial charge in [-0.1, -0.05) is 0 Å². The third-order valence-electron chi connectivity index (χ3n) is 5.09. The van der Waals surface area contributed by atoms with Gasteiger partial charge in [0.05, 0.1) is 26.2 Å². The van der Waals surface area contributed by atoms with Crippen molar-refractivity contribution in [2.45, 2.75) is 25.7 Å². The van der Waals surface area contributed by atoms with Crippen LogP contribution in [-0.4, -0.2) is 26.2 Å². The lowest BCUT2D eigenvalue weighted by molar-refractivity contribution is -0.350. The molecule has 0 bridgehead atoms. The summed E-state index contributed by atoms with van der Waals surface area (Å²) in [6.07, 6.45) is 4.64. The zero-order valence-electron chi connectivity index (χ0n) is 13.7. The zero-order valence-corrected chi connectivity index (χ0v) is 13.7. The third kappa shape index (κ3) is 2.26. The van der Waals surface area contributed by atoms with E-state index < -0.39 is 0 Å². The number of nitrogens with zero attached hydrogens (tertiary/aromatic N) is 3.